The molecule has 5 heteroatoms. The second-order valence-corrected chi connectivity index (χ2v) is 7.29. The average Bonchev–Trinajstić information content (AvgIpc) is 2.86. The van der Waals surface area contributed by atoms with E-state index in [9.17, 15) is 4.79 Å². The number of nitrogens with one attached hydrogen (secondary N) is 1. The van der Waals surface area contributed by atoms with Gasteiger partial charge in [0.25, 0.3) is 0 Å². The summed E-state index contributed by atoms with van der Waals surface area (Å²) in [6.45, 7) is 6.75. The minimum Gasteiger partial charge on any atom is -0.361 e. The molecule has 0 saturated carbocycles. The molecule has 1 atom stereocenters. The van der Waals surface area contributed by atoms with Gasteiger partial charge in [-0.1, -0.05) is 47.8 Å². The minimum atomic E-state index is -0.00904. The van der Waals surface area contributed by atoms with Crippen LogP contribution in [0.2, 0.25) is 0 Å². The van der Waals surface area contributed by atoms with Crippen molar-refractivity contribution >= 4 is 5.91 Å². The Morgan fingerprint density at radius 1 is 1.15 bits per heavy atom. The standard InChI is InChI=1S/C21H29N3O2/c1-16-7-9-18(10-8-16)20(24-11-5-3-4-6-12-24)15-22-21(25)14-19-13-17(2)26-23-19/h7-10,13,20H,3-6,11-12,14-15H2,1-2H3,(H,22,25). The second kappa shape index (κ2) is 8.99. The normalized spacial score (nSPS) is 16.8. The first-order valence-corrected chi connectivity index (χ1v) is 9.61. The van der Waals surface area contributed by atoms with Gasteiger partial charge in [-0.15, -0.1) is 0 Å². The van der Waals surface area contributed by atoms with Crippen LogP contribution < -0.4 is 5.32 Å². The van der Waals surface area contributed by atoms with Crippen molar-refractivity contribution in [2.24, 2.45) is 0 Å². The summed E-state index contributed by atoms with van der Waals surface area (Å²) in [7, 11) is 0. The Labute approximate surface area is 155 Å². The first-order chi connectivity index (χ1) is 12.6. The first-order valence-electron chi connectivity index (χ1n) is 9.61. The molecule has 1 aromatic heterocycles. The van der Waals surface area contributed by atoms with Crippen molar-refractivity contribution in [3.63, 3.8) is 0 Å². The van der Waals surface area contributed by atoms with Gasteiger partial charge in [0.2, 0.25) is 5.91 Å². The van der Waals surface area contributed by atoms with Gasteiger partial charge < -0.3 is 9.84 Å². The fourth-order valence-electron chi connectivity index (χ4n) is 3.59. The maximum atomic E-state index is 12.4. The zero-order chi connectivity index (χ0) is 18.4. The van der Waals surface area contributed by atoms with Crippen LogP contribution in [-0.4, -0.2) is 35.6 Å². The summed E-state index contributed by atoms with van der Waals surface area (Å²) in [6.07, 6.45) is 5.32. The summed E-state index contributed by atoms with van der Waals surface area (Å²) in [6, 6.07) is 10.7. The lowest BCUT2D eigenvalue weighted by molar-refractivity contribution is -0.120. The van der Waals surface area contributed by atoms with Crippen molar-refractivity contribution in [2.75, 3.05) is 19.6 Å². The summed E-state index contributed by atoms with van der Waals surface area (Å²) in [5.74, 6) is 0.722. The van der Waals surface area contributed by atoms with Gasteiger partial charge in [0, 0.05) is 12.6 Å². The topological polar surface area (TPSA) is 58.4 Å². The van der Waals surface area contributed by atoms with Crippen molar-refractivity contribution in [3.05, 3.63) is 52.9 Å². The molecule has 0 spiro atoms. The fourth-order valence-corrected chi connectivity index (χ4v) is 3.59. The van der Waals surface area contributed by atoms with Crippen LogP contribution in [0.1, 0.15) is 54.3 Å². The molecule has 1 N–H and O–H groups in total. The van der Waals surface area contributed by atoms with E-state index >= 15 is 0 Å². The van der Waals surface area contributed by atoms with Crippen molar-refractivity contribution in [2.45, 2.75) is 52.0 Å². The van der Waals surface area contributed by atoms with E-state index in [1.807, 2.05) is 13.0 Å². The number of rotatable bonds is 6. The third-order valence-corrected chi connectivity index (χ3v) is 5.05. The second-order valence-electron chi connectivity index (χ2n) is 7.29. The van der Waals surface area contributed by atoms with Crippen LogP contribution in [0.25, 0.3) is 0 Å². The van der Waals surface area contributed by atoms with Crippen LogP contribution >= 0.6 is 0 Å². The van der Waals surface area contributed by atoms with Gasteiger partial charge in [-0.25, -0.2) is 0 Å². The van der Waals surface area contributed by atoms with Crippen molar-refractivity contribution in [1.82, 2.24) is 15.4 Å². The lowest BCUT2D eigenvalue weighted by atomic mass is 10.0. The Morgan fingerprint density at radius 3 is 2.46 bits per heavy atom. The number of hydrogen-bond acceptors (Lipinski definition) is 4. The summed E-state index contributed by atoms with van der Waals surface area (Å²) in [5.41, 5.74) is 3.21. The third kappa shape index (κ3) is 5.18. The first kappa shape index (κ1) is 18.6. The smallest absolute Gasteiger partial charge is 0.226 e. The van der Waals surface area contributed by atoms with E-state index in [1.54, 1.807) is 0 Å². The highest BCUT2D eigenvalue weighted by atomic mass is 16.5. The van der Waals surface area contributed by atoms with Crippen molar-refractivity contribution in [1.29, 1.82) is 0 Å². The number of amides is 1. The van der Waals surface area contributed by atoms with Crippen LogP contribution in [0.4, 0.5) is 0 Å². The van der Waals surface area contributed by atoms with E-state index in [0.717, 1.165) is 18.8 Å². The third-order valence-electron chi connectivity index (χ3n) is 5.05. The van der Waals surface area contributed by atoms with Gasteiger partial charge >= 0.3 is 0 Å². The molecule has 3 rings (SSSR count). The van der Waals surface area contributed by atoms with E-state index in [1.165, 1.54) is 36.8 Å². The lowest BCUT2D eigenvalue weighted by Crippen LogP contribution is -2.39. The predicted molar refractivity (Wildman–Crippen MR) is 102 cm³/mol. The van der Waals surface area contributed by atoms with E-state index in [0.29, 0.717) is 12.2 Å². The molecular formula is C21H29N3O2. The molecule has 1 fully saturated rings. The molecule has 0 radical (unpaired) electrons. The predicted octanol–water partition coefficient (Wildman–Crippen LogP) is 3.57. The lowest BCUT2D eigenvalue weighted by Gasteiger charge is -2.31. The molecule has 1 aliphatic heterocycles. The highest BCUT2D eigenvalue weighted by molar-refractivity contribution is 5.78. The number of aryl methyl sites for hydroxylation is 2. The minimum absolute atomic E-state index is 0.00904. The SMILES string of the molecule is Cc1ccc(C(CNC(=O)Cc2cc(C)on2)N2CCCCCC2)cc1. The number of nitrogens with zero attached hydrogens (tertiary/aromatic N) is 2. The summed E-state index contributed by atoms with van der Waals surface area (Å²) >= 11 is 0. The molecule has 140 valence electrons. The summed E-state index contributed by atoms with van der Waals surface area (Å²) in [4.78, 5) is 14.9. The van der Waals surface area contributed by atoms with Gasteiger partial charge in [0.1, 0.15) is 5.76 Å². The Bertz CT molecular complexity index is 700. The van der Waals surface area contributed by atoms with Crippen LogP contribution in [0.3, 0.4) is 0 Å². The van der Waals surface area contributed by atoms with Gasteiger partial charge in [-0.2, -0.15) is 0 Å². The molecule has 2 heterocycles. The van der Waals surface area contributed by atoms with Crippen LogP contribution in [0.5, 0.6) is 0 Å². The van der Waals surface area contributed by atoms with Crippen LogP contribution in [-0.2, 0) is 11.2 Å². The molecule has 2 aromatic rings. The highest BCUT2D eigenvalue weighted by Gasteiger charge is 2.22. The van der Waals surface area contributed by atoms with Crippen LogP contribution in [0.15, 0.2) is 34.9 Å². The Morgan fingerprint density at radius 2 is 1.85 bits per heavy atom. The van der Waals surface area contributed by atoms with Crippen molar-refractivity contribution in [3.8, 4) is 0 Å². The Kier molecular flexibility index (Phi) is 6.45. The monoisotopic (exact) mass is 355 g/mol. The quantitative estimate of drug-likeness (QED) is 0.861. The van der Waals surface area contributed by atoms with E-state index in [4.69, 9.17) is 4.52 Å². The van der Waals surface area contributed by atoms with Gasteiger partial charge in [0.15, 0.2) is 0 Å². The molecule has 1 saturated heterocycles. The molecule has 5 nitrogen and oxygen atoms in total. The Balaban J connectivity index is 1.66. The van der Waals surface area contributed by atoms with E-state index in [2.05, 4.69) is 46.6 Å². The van der Waals surface area contributed by atoms with E-state index in [-0.39, 0.29) is 18.4 Å². The van der Waals surface area contributed by atoms with Gasteiger partial charge in [-0.05, 0) is 45.3 Å². The maximum absolute atomic E-state index is 12.4. The number of benzene rings is 1. The van der Waals surface area contributed by atoms with Gasteiger partial charge in [-0.3, -0.25) is 9.69 Å². The zero-order valence-corrected chi connectivity index (χ0v) is 15.8. The summed E-state index contributed by atoms with van der Waals surface area (Å²) in [5, 5.41) is 7.02. The number of likely N-dealkylation sites (tertiary alicyclic amines) is 1. The fraction of sp³-hybridized carbons (Fsp3) is 0.524. The largest absolute Gasteiger partial charge is 0.361 e. The number of carbonyl (C=O) groups is 1. The molecule has 1 amide bonds. The summed E-state index contributed by atoms with van der Waals surface area (Å²) < 4.78 is 5.04. The number of carbonyl (C=O) groups excluding carboxylic acids is 1. The average molecular weight is 355 g/mol. The van der Waals surface area contributed by atoms with E-state index < -0.39 is 0 Å². The molecular weight excluding hydrogens is 326 g/mol. The molecule has 0 bridgehead atoms. The number of aromatic nitrogens is 1. The molecule has 1 aromatic carbocycles. The number of hydrogen-bond donors (Lipinski definition) is 1. The molecule has 1 unspecified atom stereocenters. The maximum Gasteiger partial charge on any atom is 0.226 e. The molecule has 26 heavy (non-hydrogen) atoms. The molecule has 1 aliphatic rings. The van der Waals surface area contributed by atoms with Gasteiger partial charge in [0.05, 0.1) is 18.2 Å². The molecule has 0 aliphatic carbocycles. The van der Waals surface area contributed by atoms with Crippen molar-refractivity contribution < 1.29 is 9.32 Å². The Hall–Kier alpha value is -2.14. The highest BCUT2D eigenvalue weighted by Crippen LogP contribution is 2.24. The zero-order valence-electron chi connectivity index (χ0n) is 15.8. The van der Waals surface area contributed by atoms with Crippen LogP contribution in [0, 0.1) is 13.8 Å².